The van der Waals surface area contributed by atoms with Crippen LogP contribution in [0.5, 0.6) is 0 Å². The van der Waals surface area contributed by atoms with Crippen LogP contribution in [0, 0.1) is 0 Å². The van der Waals surface area contributed by atoms with Gasteiger partial charge in [-0.3, -0.25) is 0 Å². The van der Waals surface area contributed by atoms with E-state index in [1.54, 1.807) is 5.64 Å². The van der Waals surface area contributed by atoms with Crippen molar-refractivity contribution in [3.05, 3.63) is 0 Å². The van der Waals surface area contributed by atoms with E-state index in [9.17, 15) is 9.59 Å². The molecule has 7 heteroatoms. The molecular weight excluding hydrogens is 356 g/mol. The van der Waals surface area contributed by atoms with Crippen LogP contribution in [-0.2, 0) is 9.68 Å². The molecule has 0 atom stereocenters. The van der Waals surface area contributed by atoms with E-state index in [2.05, 4.69) is 9.68 Å². The number of hydrogen-bond donors (Lipinski definition) is 1. The van der Waals surface area contributed by atoms with Gasteiger partial charge in [-0.1, -0.05) is 0 Å². The van der Waals surface area contributed by atoms with Gasteiger partial charge in [-0.05, 0) is 0 Å². The minimum absolute atomic E-state index is 0.606. The van der Waals surface area contributed by atoms with E-state index in [1.807, 2.05) is 0 Å². The van der Waals surface area contributed by atoms with Crippen molar-refractivity contribution in [1.82, 2.24) is 5.64 Å². The van der Waals surface area contributed by atoms with E-state index >= 15 is 0 Å². The number of hydrogen-bond acceptors (Lipinski definition) is 5. The molecule has 0 aliphatic rings. The van der Waals surface area contributed by atoms with Crippen molar-refractivity contribution in [1.29, 1.82) is 0 Å². The van der Waals surface area contributed by atoms with Crippen LogP contribution in [0.15, 0.2) is 0 Å². The summed E-state index contributed by atoms with van der Waals surface area (Å²) in [5, 5.41) is 0. The standard InChI is InChI=1S/C2HI2NO4/c3-1(6)8-5-9-2(4)7/h5H. The monoisotopic (exact) mass is 357 g/mol. The van der Waals surface area contributed by atoms with Crippen LogP contribution in [-0.4, -0.2) is 7.95 Å². The number of carbonyl (C=O) groups is 2. The van der Waals surface area contributed by atoms with Gasteiger partial charge in [0.2, 0.25) is 0 Å². The minimum atomic E-state index is -0.606. The van der Waals surface area contributed by atoms with Gasteiger partial charge in [0.15, 0.2) is 0 Å². The van der Waals surface area contributed by atoms with Crippen LogP contribution in [0.4, 0.5) is 9.59 Å². The maximum Gasteiger partial charge on any atom is 0.388 e. The molecule has 9 heavy (non-hydrogen) atoms. The largest absolute Gasteiger partial charge is 0.388 e. The summed E-state index contributed by atoms with van der Waals surface area (Å²) in [5.41, 5.74) is 1.67. The average molecular weight is 357 g/mol. The highest BCUT2D eigenvalue weighted by atomic mass is 127. The molecule has 0 aromatic carbocycles. The molecule has 0 aromatic heterocycles. The second-order valence-corrected chi connectivity index (χ2v) is 2.52. The van der Waals surface area contributed by atoms with E-state index < -0.39 is 7.95 Å². The van der Waals surface area contributed by atoms with Crippen molar-refractivity contribution in [3.63, 3.8) is 0 Å². The molecule has 0 amide bonds. The van der Waals surface area contributed by atoms with Gasteiger partial charge in [0.1, 0.15) is 0 Å². The Labute approximate surface area is 77.6 Å². The molecular formula is C2HI2NO4. The van der Waals surface area contributed by atoms with Crippen LogP contribution in [0.25, 0.3) is 0 Å². The SMILES string of the molecule is O=C(I)ONOC(=O)I. The third kappa shape index (κ3) is 8.36. The number of nitrogens with one attached hydrogen (secondary N) is 1. The molecule has 0 aromatic rings. The van der Waals surface area contributed by atoms with Gasteiger partial charge in [-0.2, -0.15) is 0 Å². The predicted octanol–water partition coefficient (Wildman–Crippen LogP) is 1.55. The number of rotatable bonds is 2. The Balaban J connectivity index is 3.10. The zero-order valence-corrected chi connectivity index (χ0v) is 8.20. The fourth-order valence-electron chi connectivity index (χ4n) is 0.0864. The molecule has 0 saturated heterocycles. The Morgan fingerprint density at radius 3 is 1.67 bits per heavy atom. The molecule has 0 rings (SSSR count). The van der Waals surface area contributed by atoms with E-state index in [4.69, 9.17) is 0 Å². The normalized spacial score (nSPS) is 8.22. The van der Waals surface area contributed by atoms with Crippen molar-refractivity contribution in [2.45, 2.75) is 0 Å². The van der Waals surface area contributed by atoms with Gasteiger partial charge >= 0.3 is 7.95 Å². The third-order valence-corrected chi connectivity index (χ3v) is 0.684. The maximum absolute atomic E-state index is 9.93. The molecule has 0 heterocycles. The third-order valence-electron chi connectivity index (χ3n) is 0.244. The van der Waals surface area contributed by atoms with Crippen molar-refractivity contribution in [2.75, 3.05) is 0 Å². The summed E-state index contributed by atoms with van der Waals surface area (Å²) in [4.78, 5) is 27.9. The van der Waals surface area contributed by atoms with Crippen LogP contribution in [0.1, 0.15) is 0 Å². The molecule has 52 valence electrons. The second-order valence-electron chi connectivity index (χ2n) is 0.763. The lowest BCUT2D eigenvalue weighted by atomic mass is 11.6. The maximum atomic E-state index is 9.93. The second kappa shape index (κ2) is 5.17. The van der Waals surface area contributed by atoms with Crippen LogP contribution >= 0.6 is 45.2 Å². The molecule has 0 fully saturated rings. The van der Waals surface area contributed by atoms with E-state index in [0.29, 0.717) is 0 Å². The van der Waals surface area contributed by atoms with Crippen LogP contribution in [0.2, 0.25) is 0 Å². The summed E-state index contributed by atoms with van der Waals surface area (Å²) in [7, 11) is 0. The molecule has 0 spiro atoms. The lowest BCUT2D eigenvalue weighted by molar-refractivity contribution is -0.0639. The first-order chi connectivity index (χ1) is 4.13. The van der Waals surface area contributed by atoms with Crippen molar-refractivity contribution >= 4 is 53.1 Å². The highest BCUT2D eigenvalue weighted by Crippen LogP contribution is 1.90. The molecule has 0 bridgehead atoms. The van der Waals surface area contributed by atoms with Crippen LogP contribution < -0.4 is 5.64 Å². The summed E-state index contributed by atoms with van der Waals surface area (Å²) in [5.74, 6) is 0. The summed E-state index contributed by atoms with van der Waals surface area (Å²) in [6, 6.07) is 0. The van der Waals surface area contributed by atoms with Crippen LogP contribution in [0.3, 0.4) is 0 Å². The quantitative estimate of drug-likeness (QED) is 0.462. The molecule has 0 saturated carbocycles. The first-order valence-electron chi connectivity index (χ1n) is 1.60. The van der Waals surface area contributed by atoms with Gasteiger partial charge in [0.25, 0.3) is 0 Å². The topological polar surface area (TPSA) is 64.6 Å². The van der Waals surface area contributed by atoms with Gasteiger partial charge < -0.3 is 9.68 Å². The molecule has 0 radical (unpaired) electrons. The van der Waals surface area contributed by atoms with Gasteiger partial charge in [0.05, 0.1) is 45.2 Å². The minimum Gasteiger partial charge on any atom is -0.326 e. The first-order valence-corrected chi connectivity index (χ1v) is 3.76. The molecule has 0 aliphatic heterocycles. The Morgan fingerprint density at radius 1 is 1.11 bits per heavy atom. The summed E-state index contributed by atoms with van der Waals surface area (Å²) in [6.07, 6.45) is 0. The lowest BCUT2D eigenvalue weighted by Gasteiger charge is -1.97. The Hall–Kier alpha value is 0.360. The number of carbonyl (C=O) groups excluding carboxylic acids is 2. The Bertz CT molecular complexity index is 112. The Morgan fingerprint density at radius 2 is 1.44 bits per heavy atom. The zero-order chi connectivity index (χ0) is 7.28. The highest BCUT2D eigenvalue weighted by Gasteiger charge is 1.96. The van der Waals surface area contributed by atoms with Gasteiger partial charge in [-0.25, -0.2) is 9.59 Å². The molecule has 0 unspecified atom stereocenters. The molecule has 5 nitrogen and oxygen atoms in total. The zero-order valence-electron chi connectivity index (χ0n) is 3.89. The van der Waals surface area contributed by atoms with Crippen molar-refractivity contribution < 1.29 is 19.3 Å². The number of halogens is 2. The van der Waals surface area contributed by atoms with Crippen molar-refractivity contribution in [2.24, 2.45) is 0 Å². The van der Waals surface area contributed by atoms with E-state index in [0.717, 1.165) is 0 Å². The predicted molar refractivity (Wildman–Crippen MR) is 44.1 cm³/mol. The fourth-order valence-corrected chi connectivity index (χ4v) is 0.266. The lowest BCUT2D eigenvalue weighted by Crippen LogP contribution is -2.17. The Kier molecular flexibility index (Phi) is 5.38. The van der Waals surface area contributed by atoms with E-state index in [-0.39, 0.29) is 0 Å². The first kappa shape index (κ1) is 9.36. The van der Waals surface area contributed by atoms with E-state index in [1.165, 1.54) is 45.2 Å². The molecule has 1 N–H and O–H groups in total. The van der Waals surface area contributed by atoms with Crippen molar-refractivity contribution in [3.8, 4) is 0 Å². The summed E-state index contributed by atoms with van der Waals surface area (Å²) >= 11 is 2.74. The van der Waals surface area contributed by atoms with Gasteiger partial charge in [0, 0.05) is 5.64 Å². The fraction of sp³-hybridized carbons (Fsp3) is 0. The smallest absolute Gasteiger partial charge is 0.326 e. The molecule has 0 aliphatic carbocycles. The highest BCUT2D eigenvalue weighted by molar-refractivity contribution is 14.1. The average Bonchev–Trinajstić information content (AvgIpc) is 1.63. The summed E-state index contributed by atoms with van der Waals surface area (Å²) in [6.45, 7) is 0. The van der Waals surface area contributed by atoms with Gasteiger partial charge in [-0.15, -0.1) is 0 Å². The summed E-state index contributed by atoms with van der Waals surface area (Å²) < 4.78 is -1.21.